The van der Waals surface area contributed by atoms with Crippen LogP contribution in [0.1, 0.15) is 0 Å². The molecule has 0 aromatic carbocycles. The van der Waals surface area contributed by atoms with Crippen molar-refractivity contribution in [1.29, 1.82) is 0 Å². The monoisotopic (exact) mass is 199 g/mol. The summed E-state index contributed by atoms with van der Waals surface area (Å²) < 4.78 is 0. The molecule has 0 radical (unpaired) electrons. The van der Waals surface area contributed by atoms with Gasteiger partial charge in [0.15, 0.2) is 0 Å². The minimum absolute atomic E-state index is 0. The Hall–Kier alpha value is 0.552. The van der Waals surface area contributed by atoms with Gasteiger partial charge in [0.2, 0.25) is 0 Å². The molecule has 1 aromatic heterocycles. The third kappa shape index (κ3) is 1.86. The van der Waals surface area contributed by atoms with Gasteiger partial charge in [-0.1, -0.05) is 0 Å². The molecule has 1 nitrogen and oxygen atoms in total. The van der Waals surface area contributed by atoms with E-state index in [4.69, 9.17) is 0 Å². The molecule has 0 saturated heterocycles. The van der Waals surface area contributed by atoms with Crippen molar-refractivity contribution in [2.45, 2.75) is 0 Å². The van der Waals surface area contributed by atoms with E-state index in [1.807, 2.05) is 5.38 Å². The first kappa shape index (κ1) is 6.55. The number of hydrogen-bond donors (Lipinski definition) is 0. The van der Waals surface area contributed by atoms with Crippen LogP contribution in [0.4, 0.5) is 0 Å². The normalized spacial score (nSPS) is 6.67. The summed E-state index contributed by atoms with van der Waals surface area (Å²) in [5, 5.41) is 1.93. The predicted octanol–water partition coefficient (Wildman–Crippen LogP) is 1.14. The molecule has 6 heavy (non-hydrogen) atoms. The molecule has 0 bridgehead atoms. The summed E-state index contributed by atoms with van der Waals surface area (Å²) in [6, 6.07) is 0. The van der Waals surface area contributed by atoms with Gasteiger partial charge in [-0.3, -0.25) is 4.98 Å². The molecule has 1 aromatic rings. The van der Waals surface area contributed by atoms with Crippen LogP contribution in [-0.4, -0.2) is 4.98 Å². The van der Waals surface area contributed by atoms with Gasteiger partial charge in [0, 0.05) is 38.9 Å². The van der Waals surface area contributed by atoms with Crippen LogP contribution in [-0.2, 0) is 27.3 Å². The van der Waals surface area contributed by atoms with Crippen molar-refractivity contribution in [3.63, 3.8) is 0 Å². The molecule has 0 amide bonds. The van der Waals surface area contributed by atoms with Gasteiger partial charge < -0.3 is 0 Å². The number of thiazole rings is 1. The zero-order valence-corrected chi connectivity index (χ0v) is 8.15. The Balaban J connectivity index is 0.000000250. The molecule has 0 spiro atoms. The maximum atomic E-state index is 3.74. The van der Waals surface area contributed by atoms with Crippen molar-refractivity contribution in [2.24, 2.45) is 0 Å². The summed E-state index contributed by atoms with van der Waals surface area (Å²) in [6.07, 6.45) is 1.77. The molecule has 0 fully saturated rings. The van der Waals surface area contributed by atoms with E-state index < -0.39 is 0 Å². The van der Waals surface area contributed by atoms with Crippen molar-refractivity contribution >= 4 is 11.3 Å². The summed E-state index contributed by atoms with van der Waals surface area (Å²) in [4.78, 5) is 3.74. The van der Waals surface area contributed by atoms with Crippen LogP contribution >= 0.6 is 11.3 Å². The third-order valence-electron chi connectivity index (χ3n) is 0.347. The van der Waals surface area contributed by atoms with Gasteiger partial charge in [0.25, 0.3) is 0 Å². The molecule has 0 aliphatic carbocycles. The minimum Gasteiger partial charge on any atom is -0.253 e. The zero-order valence-electron chi connectivity index (χ0n) is 3.29. The maximum Gasteiger partial charge on any atom is 0.0791 e. The van der Waals surface area contributed by atoms with Gasteiger partial charge in [-0.15, -0.1) is 11.3 Å². The fourth-order valence-corrected chi connectivity index (χ4v) is 0.527. The summed E-state index contributed by atoms with van der Waals surface area (Å²) >= 11 is 1.60. The van der Waals surface area contributed by atoms with Gasteiger partial charge in [-0.05, 0) is 0 Å². The van der Waals surface area contributed by atoms with E-state index in [1.54, 1.807) is 23.0 Å². The number of aromatic nitrogens is 1. The second-order valence-electron chi connectivity index (χ2n) is 0.676. The van der Waals surface area contributed by atoms with E-state index in [0.717, 1.165) is 0 Å². The average Bonchev–Trinajstić information content (AvgIpc) is 1.76. The van der Waals surface area contributed by atoms with Crippen LogP contribution in [0.5, 0.6) is 0 Å². The fourth-order valence-electron chi connectivity index (χ4n) is 0.176. The Morgan fingerprint density at radius 1 is 1.50 bits per heavy atom. The first-order valence-corrected chi connectivity index (χ1v) is 2.26. The van der Waals surface area contributed by atoms with Gasteiger partial charge in [-0.25, -0.2) is 0 Å². The average molecular weight is 198 g/mol. The first-order chi connectivity index (χ1) is 2.50. The van der Waals surface area contributed by atoms with Crippen LogP contribution in [0.15, 0.2) is 17.1 Å². The number of hydrogen-bond acceptors (Lipinski definition) is 2. The standard InChI is InChI=1S/C3H3NS.Cd/c1-2-5-3-4-1;/h1-3H;. The SMILES string of the molecule is [Cd].c1cscn1. The molecule has 0 aliphatic heterocycles. The van der Waals surface area contributed by atoms with Crippen LogP contribution in [0.2, 0.25) is 0 Å². The number of rotatable bonds is 0. The van der Waals surface area contributed by atoms with E-state index in [9.17, 15) is 0 Å². The second kappa shape index (κ2) is 3.73. The number of nitrogens with zero attached hydrogens (tertiary/aromatic N) is 1. The fraction of sp³-hybridized carbons (Fsp3) is 0. The summed E-state index contributed by atoms with van der Waals surface area (Å²) in [7, 11) is 0. The van der Waals surface area contributed by atoms with Gasteiger partial charge in [-0.2, -0.15) is 0 Å². The van der Waals surface area contributed by atoms with Crippen molar-refractivity contribution in [2.75, 3.05) is 0 Å². The van der Waals surface area contributed by atoms with E-state index in [1.165, 1.54) is 0 Å². The Morgan fingerprint density at radius 2 is 2.33 bits per heavy atom. The minimum atomic E-state index is 0. The second-order valence-corrected chi connectivity index (χ2v) is 1.43. The van der Waals surface area contributed by atoms with Crippen LogP contribution < -0.4 is 0 Å². The summed E-state index contributed by atoms with van der Waals surface area (Å²) in [6.45, 7) is 0. The largest absolute Gasteiger partial charge is 0.253 e. The van der Waals surface area contributed by atoms with Crippen LogP contribution in [0, 0.1) is 0 Å². The van der Waals surface area contributed by atoms with E-state index >= 15 is 0 Å². The smallest absolute Gasteiger partial charge is 0.0791 e. The molecule has 1 heterocycles. The van der Waals surface area contributed by atoms with Crippen LogP contribution in [0.3, 0.4) is 0 Å². The van der Waals surface area contributed by atoms with Crippen molar-refractivity contribution in [3.05, 3.63) is 17.1 Å². The Kier molecular flexibility index (Phi) is 4.08. The quantitative estimate of drug-likeness (QED) is 0.569. The molecule has 3 heteroatoms. The first-order valence-electron chi connectivity index (χ1n) is 1.32. The van der Waals surface area contributed by atoms with Crippen molar-refractivity contribution in [3.8, 4) is 0 Å². The van der Waals surface area contributed by atoms with Gasteiger partial charge in [0.1, 0.15) is 0 Å². The van der Waals surface area contributed by atoms with Crippen molar-refractivity contribution in [1.82, 2.24) is 4.98 Å². The molecule has 0 unspecified atom stereocenters. The van der Waals surface area contributed by atoms with Crippen molar-refractivity contribution < 1.29 is 27.3 Å². The Morgan fingerprint density at radius 3 is 2.50 bits per heavy atom. The molecule has 0 N–H and O–H groups in total. The molecule has 28 valence electrons. The third-order valence-corrected chi connectivity index (χ3v) is 0.869. The van der Waals surface area contributed by atoms with Gasteiger partial charge in [0.05, 0.1) is 5.51 Å². The molecular formula is C3H3CdNS. The van der Waals surface area contributed by atoms with Gasteiger partial charge >= 0.3 is 0 Å². The Bertz CT molecular complexity index is 67.3. The maximum absolute atomic E-state index is 3.74. The topological polar surface area (TPSA) is 12.9 Å². The molecule has 0 aliphatic rings. The summed E-state index contributed by atoms with van der Waals surface area (Å²) in [5.41, 5.74) is 1.79. The van der Waals surface area contributed by atoms with E-state index in [0.29, 0.717) is 0 Å². The molecular weight excluding hydrogens is 195 g/mol. The molecule has 1 rings (SSSR count). The predicted molar refractivity (Wildman–Crippen MR) is 22.1 cm³/mol. The Labute approximate surface area is 60.6 Å². The molecule has 0 atom stereocenters. The summed E-state index contributed by atoms with van der Waals surface area (Å²) in [5.74, 6) is 0. The molecule has 0 saturated carbocycles. The van der Waals surface area contributed by atoms with Crippen LogP contribution in [0.25, 0.3) is 0 Å². The van der Waals surface area contributed by atoms with E-state index in [2.05, 4.69) is 4.98 Å². The van der Waals surface area contributed by atoms with E-state index in [-0.39, 0.29) is 27.3 Å². The zero-order chi connectivity index (χ0) is 3.54.